The van der Waals surface area contributed by atoms with E-state index in [1.807, 2.05) is 25.9 Å². The molecule has 0 aliphatic heterocycles. The van der Waals surface area contributed by atoms with Gasteiger partial charge in [-0.2, -0.15) is 8.42 Å². The van der Waals surface area contributed by atoms with Gasteiger partial charge in [0.25, 0.3) is 0 Å². The first-order valence-electron chi connectivity index (χ1n) is 8.54. The predicted octanol–water partition coefficient (Wildman–Crippen LogP) is 1.10. The number of carbonyl (C=O) groups is 1. The third-order valence-electron chi connectivity index (χ3n) is 2.55. The monoisotopic (exact) mass is 418 g/mol. The van der Waals surface area contributed by atoms with E-state index in [1.54, 1.807) is 20.8 Å². The van der Waals surface area contributed by atoms with Crippen molar-refractivity contribution in [1.82, 2.24) is 10.2 Å². The smallest absolute Gasteiger partial charge is 0.465 e. The predicted molar refractivity (Wildman–Crippen MR) is 100 cm³/mol. The van der Waals surface area contributed by atoms with Crippen molar-refractivity contribution in [1.29, 1.82) is 0 Å². The summed E-state index contributed by atoms with van der Waals surface area (Å²) in [7, 11) is -3.99. The lowest BCUT2D eigenvalue weighted by molar-refractivity contribution is 0.0880. The molecule has 0 aromatic heterocycles. The van der Waals surface area contributed by atoms with Crippen LogP contribution in [0, 0.1) is 0 Å². The van der Waals surface area contributed by atoms with Crippen LogP contribution in [0.1, 0.15) is 34.1 Å². The minimum atomic E-state index is -3.96. The van der Waals surface area contributed by atoms with Crippen LogP contribution in [0.25, 0.3) is 0 Å². The highest BCUT2D eigenvalue weighted by Crippen LogP contribution is 2.20. The maximum absolute atomic E-state index is 12.0. The summed E-state index contributed by atoms with van der Waals surface area (Å²) < 4.78 is 44.7. The zero-order chi connectivity index (χ0) is 20.6. The van der Waals surface area contributed by atoms with Crippen molar-refractivity contribution < 1.29 is 35.8 Å². The fourth-order valence-electron chi connectivity index (χ4n) is 1.52. The molecule has 0 atom stereocenters. The highest BCUT2D eigenvalue weighted by atomic mass is 32.4. The van der Waals surface area contributed by atoms with Crippen LogP contribution in [0.15, 0.2) is 0 Å². The molecule has 0 aromatic rings. The molecule has 0 fully saturated rings. The van der Waals surface area contributed by atoms with E-state index < -0.39 is 23.6 Å². The summed E-state index contributed by atoms with van der Waals surface area (Å²) in [5, 5.41) is 10.3. The fourth-order valence-corrected chi connectivity index (χ4v) is 6.84. The lowest BCUT2D eigenvalue weighted by Crippen LogP contribution is -2.54. The Labute approximate surface area is 157 Å². The van der Waals surface area contributed by atoms with E-state index >= 15 is 0 Å². The van der Waals surface area contributed by atoms with E-state index in [0.717, 1.165) is 6.54 Å². The molecule has 0 aliphatic rings. The Morgan fingerprint density at radius 2 is 1.50 bits per heavy atom. The van der Waals surface area contributed by atoms with Crippen molar-refractivity contribution in [2.45, 2.75) is 34.1 Å². The van der Waals surface area contributed by atoms with Crippen LogP contribution in [0.4, 0.5) is 4.79 Å². The first-order valence-corrected chi connectivity index (χ1v) is 12.4. The molecule has 12 heteroatoms. The number of hydrogen-bond donors (Lipinski definition) is 2. The van der Waals surface area contributed by atoms with Gasteiger partial charge in [-0.3, -0.25) is 4.18 Å². The largest absolute Gasteiger partial charge is 0.667 e. The molecule has 0 aliphatic carbocycles. The van der Waals surface area contributed by atoms with Gasteiger partial charge in [0.1, 0.15) is 0 Å². The van der Waals surface area contributed by atoms with Gasteiger partial charge in [-0.1, -0.05) is 6.92 Å². The number of amides is 1. The molecule has 0 saturated carbocycles. The molecule has 0 aromatic carbocycles. The first-order chi connectivity index (χ1) is 12.1. The standard InChI is InChI=1S/C9H22O6SSi.C5H12N2O2/c1-5-9-12-16(10,11)17(13-6-2,14-7-3)15-8-4;1-7(2)4-3-6-5(8)9/h5-9H2,1-4H3;6H,3-4H2,1-2H3,(H,8,9). The van der Waals surface area contributed by atoms with Crippen LogP contribution in [0.3, 0.4) is 0 Å². The molecule has 0 bridgehead atoms. The Morgan fingerprint density at radius 3 is 1.81 bits per heavy atom. The van der Waals surface area contributed by atoms with Crippen LogP contribution in [-0.4, -0.2) is 86.1 Å². The molecule has 2 N–H and O–H groups in total. The van der Waals surface area contributed by atoms with Gasteiger partial charge >= 0.3 is 23.6 Å². The average Bonchev–Trinajstić information content (AvgIpc) is 2.53. The highest BCUT2D eigenvalue weighted by molar-refractivity contribution is 8.16. The number of hydrogen-bond acceptors (Lipinski definition) is 8. The van der Waals surface area contributed by atoms with Gasteiger partial charge in [0.2, 0.25) is 0 Å². The Kier molecular flexibility index (Phi) is 16.2. The summed E-state index contributed by atoms with van der Waals surface area (Å²) in [6.45, 7) is 8.81. The van der Waals surface area contributed by atoms with Gasteiger partial charge in [0.05, 0.1) is 6.61 Å². The minimum absolute atomic E-state index is 0.101. The zero-order valence-electron chi connectivity index (χ0n) is 16.6. The molecular formula is C14H34N2O8SSi. The van der Waals surface area contributed by atoms with Gasteiger partial charge in [-0.15, -0.1) is 0 Å². The second-order valence-electron chi connectivity index (χ2n) is 5.11. The molecule has 26 heavy (non-hydrogen) atoms. The molecular weight excluding hydrogens is 384 g/mol. The van der Waals surface area contributed by atoms with Gasteiger partial charge in [-0.05, 0) is 41.3 Å². The fraction of sp³-hybridized carbons (Fsp3) is 0.929. The van der Waals surface area contributed by atoms with Crippen molar-refractivity contribution in [2.24, 2.45) is 0 Å². The third kappa shape index (κ3) is 11.8. The molecule has 10 nitrogen and oxygen atoms in total. The summed E-state index contributed by atoms with van der Waals surface area (Å²) in [4.78, 5) is 11.8. The molecule has 0 unspecified atom stereocenters. The van der Waals surface area contributed by atoms with Crippen molar-refractivity contribution in [2.75, 3.05) is 53.6 Å². The molecule has 158 valence electrons. The van der Waals surface area contributed by atoms with Crippen LogP contribution < -0.4 is 5.32 Å². The highest BCUT2D eigenvalue weighted by Gasteiger charge is 2.58. The quantitative estimate of drug-likeness (QED) is 0.423. The van der Waals surface area contributed by atoms with E-state index in [2.05, 4.69) is 5.32 Å². The lowest BCUT2D eigenvalue weighted by Gasteiger charge is -2.26. The van der Waals surface area contributed by atoms with Crippen LogP contribution in [0.5, 0.6) is 0 Å². The van der Waals surface area contributed by atoms with Crippen molar-refractivity contribution in [3.8, 4) is 0 Å². The van der Waals surface area contributed by atoms with Crippen LogP contribution in [0.2, 0.25) is 0 Å². The second kappa shape index (κ2) is 15.3. The molecule has 0 radical (unpaired) electrons. The van der Waals surface area contributed by atoms with Gasteiger partial charge < -0.3 is 28.6 Å². The van der Waals surface area contributed by atoms with Crippen molar-refractivity contribution in [3.05, 3.63) is 0 Å². The van der Waals surface area contributed by atoms with Crippen LogP contribution in [-0.2, 0) is 27.0 Å². The summed E-state index contributed by atoms with van der Waals surface area (Å²) in [5.74, 6) is 0. The van der Waals surface area contributed by atoms with E-state index in [4.69, 9.17) is 22.6 Å². The summed E-state index contributed by atoms with van der Waals surface area (Å²) >= 11 is 0. The Hall–Kier alpha value is -0.763. The number of likely N-dealkylation sites (N-methyl/N-ethyl adjacent to an activating group) is 1. The summed E-state index contributed by atoms with van der Waals surface area (Å²) in [6, 6.07) is 0. The number of nitrogens with one attached hydrogen (secondary N) is 1. The van der Waals surface area contributed by atoms with E-state index in [0.29, 0.717) is 13.0 Å². The van der Waals surface area contributed by atoms with Gasteiger partial charge in [0.15, 0.2) is 0 Å². The van der Waals surface area contributed by atoms with E-state index in [-0.39, 0.29) is 26.4 Å². The molecule has 1 amide bonds. The van der Waals surface area contributed by atoms with E-state index in [1.165, 1.54) is 0 Å². The van der Waals surface area contributed by atoms with Crippen LogP contribution >= 0.6 is 0 Å². The maximum atomic E-state index is 12.0. The van der Waals surface area contributed by atoms with Crippen molar-refractivity contribution >= 4 is 23.6 Å². The third-order valence-corrected chi connectivity index (χ3v) is 8.81. The molecule has 0 heterocycles. The Balaban J connectivity index is 0. The molecule has 0 spiro atoms. The zero-order valence-corrected chi connectivity index (χ0v) is 18.4. The number of rotatable bonds is 13. The number of carboxylic acid groups (broad SMARTS) is 1. The van der Waals surface area contributed by atoms with Gasteiger partial charge in [-0.25, -0.2) is 4.79 Å². The second-order valence-corrected chi connectivity index (χ2v) is 11.1. The van der Waals surface area contributed by atoms with Gasteiger partial charge in [0, 0.05) is 32.9 Å². The molecule has 0 rings (SSSR count). The Bertz CT molecular complexity index is 445. The van der Waals surface area contributed by atoms with Crippen molar-refractivity contribution in [3.63, 3.8) is 0 Å². The normalized spacial score (nSPS) is 11.8. The minimum Gasteiger partial charge on any atom is -0.465 e. The maximum Gasteiger partial charge on any atom is 0.667 e. The molecule has 0 saturated heterocycles. The average molecular weight is 419 g/mol. The number of nitrogens with zero attached hydrogens (tertiary/aromatic N) is 1. The topological polar surface area (TPSA) is 124 Å². The Morgan fingerprint density at radius 1 is 1.04 bits per heavy atom. The first kappa shape index (κ1) is 27.5. The summed E-state index contributed by atoms with van der Waals surface area (Å²) in [5.41, 5.74) is 0. The van der Waals surface area contributed by atoms with E-state index in [9.17, 15) is 13.2 Å². The lowest BCUT2D eigenvalue weighted by atomic mass is 10.5. The SMILES string of the molecule is CCCOS(=O)(=O)[Si](OCC)(OCC)OCC.CN(C)CCNC(=O)O. The summed E-state index contributed by atoms with van der Waals surface area (Å²) in [6.07, 6.45) is -0.370.